The zero-order valence-corrected chi connectivity index (χ0v) is 26.8. The first kappa shape index (κ1) is 33.1. The van der Waals surface area contributed by atoms with E-state index >= 15 is 0 Å². The lowest BCUT2D eigenvalue weighted by Gasteiger charge is -2.30. The molecule has 2 amide bonds. The monoisotopic (exact) mass is 632 g/mol. The van der Waals surface area contributed by atoms with Crippen molar-refractivity contribution in [1.29, 1.82) is 0 Å². The first-order valence-electron chi connectivity index (χ1n) is 15.2. The number of carbonyl (C=O) groups is 2. The van der Waals surface area contributed by atoms with Gasteiger partial charge in [0.2, 0.25) is 31.9 Å². The second-order valence-corrected chi connectivity index (χ2v) is 15.6. The minimum absolute atomic E-state index is 0.0174. The highest BCUT2D eigenvalue weighted by atomic mass is 32.2. The van der Waals surface area contributed by atoms with E-state index in [2.05, 4.69) is 10.6 Å². The molecule has 0 spiro atoms. The minimum Gasteiger partial charge on any atom is -0.326 e. The van der Waals surface area contributed by atoms with Crippen LogP contribution in [0.15, 0.2) is 58.3 Å². The molecule has 2 aliphatic carbocycles. The van der Waals surface area contributed by atoms with E-state index in [0.717, 1.165) is 64.2 Å². The van der Waals surface area contributed by atoms with Crippen LogP contribution in [0.3, 0.4) is 0 Å². The van der Waals surface area contributed by atoms with Crippen LogP contribution in [-0.4, -0.2) is 63.4 Å². The lowest BCUT2D eigenvalue weighted by Crippen LogP contribution is -2.38. The molecule has 0 radical (unpaired) electrons. The molecule has 10 nitrogen and oxygen atoms in total. The van der Waals surface area contributed by atoms with Crippen LogP contribution in [0.2, 0.25) is 0 Å². The highest BCUT2D eigenvalue weighted by Crippen LogP contribution is 2.28. The molecule has 43 heavy (non-hydrogen) atoms. The summed E-state index contributed by atoms with van der Waals surface area (Å²) in [6, 6.07) is 12.3. The van der Waals surface area contributed by atoms with E-state index < -0.39 is 20.0 Å². The maximum atomic E-state index is 13.0. The van der Waals surface area contributed by atoms with Crippen LogP contribution < -0.4 is 10.6 Å². The van der Waals surface area contributed by atoms with Gasteiger partial charge in [-0.05, 0) is 80.6 Å². The Bertz CT molecular complexity index is 1340. The van der Waals surface area contributed by atoms with Gasteiger partial charge in [-0.15, -0.1) is 0 Å². The average Bonchev–Trinajstić information content (AvgIpc) is 3.01. The summed E-state index contributed by atoms with van der Waals surface area (Å²) in [4.78, 5) is 25.2. The van der Waals surface area contributed by atoms with Gasteiger partial charge in [-0.1, -0.05) is 38.5 Å². The number of nitrogens with zero attached hydrogens (tertiary/aromatic N) is 2. The van der Waals surface area contributed by atoms with Gasteiger partial charge in [0.05, 0.1) is 9.79 Å². The molecule has 0 aromatic heterocycles. The lowest BCUT2D eigenvalue weighted by molar-refractivity contribution is -0.117. The molecule has 0 unspecified atom stereocenters. The Hall–Kier alpha value is -2.80. The molecular formula is C31H44N4O6S2. The van der Waals surface area contributed by atoms with Gasteiger partial charge in [-0.3, -0.25) is 9.59 Å². The van der Waals surface area contributed by atoms with Gasteiger partial charge in [0.25, 0.3) is 0 Å². The summed E-state index contributed by atoms with van der Waals surface area (Å²) >= 11 is 0. The largest absolute Gasteiger partial charge is 0.326 e. The van der Waals surface area contributed by atoms with Crippen molar-refractivity contribution >= 4 is 43.2 Å². The summed E-state index contributed by atoms with van der Waals surface area (Å²) < 4.78 is 55.0. The van der Waals surface area contributed by atoms with E-state index in [-0.39, 0.29) is 46.5 Å². The van der Waals surface area contributed by atoms with E-state index in [1.807, 2.05) is 0 Å². The van der Waals surface area contributed by atoms with Crippen molar-refractivity contribution in [2.24, 2.45) is 0 Å². The number of amides is 2. The second kappa shape index (κ2) is 14.8. The summed E-state index contributed by atoms with van der Waals surface area (Å²) in [5.41, 5.74) is 0.968. The number of rotatable bonds is 12. The van der Waals surface area contributed by atoms with Gasteiger partial charge in [-0.2, -0.15) is 8.61 Å². The SMILES string of the molecule is CN(C1CCCCC1)S(=O)(=O)c1ccc(NC(=O)CCCC(=O)Nc2ccc(S(=O)(=O)N(C)C3CCCCC3)cc2)cc1. The maximum absolute atomic E-state index is 13.0. The summed E-state index contributed by atoms with van der Waals surface area (Å²) in [6.45, 7) is 0. The molecule has 2 saturated carbocycles. The molecule has 4 rings (SSSR count). The predicted molar refractivity (Wildman–Crippen MR) is 168 cm³/mol. The summed E-state index contributed by atoms with van der Waals surface area (Å²) in [5, 5.41) is 5.50. The molecular weight excluding hydrogens is 588 g/mol. The van der Waals surface area contributed by atoms with Crippen LogP contribution in [0.5, 0.6) is 0 Å². The fourth-order valence-corrected chi connectivity index (χ4v) is 8.72. The molecule has 0 aliphatic heterocycles. The number of hydrogen-bond acceptors (Lipinski definition) is 6. The number of nitrogens with one attached hydrogen (secondary N) is 2. The van der Waals surface area contributed by atoms with E-state index in [4.69, 9.17) is 0 Å². The second-order valence-electron chi connectivity index (χ2n) is 11.6. The van der Waals surface area contributed by atoms with Crippen LogP contribution in [0.25, 0.3) is 0 Å². The molecule has 2 N–H and O–H groups in total. The lowest BCUT2D eigenvalue weighted by atomic mass is 9.96. The van der Waals surface area contributed by atoms with Gasteiger partial charge in [-0.25, -0.2) is 16.8 Å². The van der Waals surface area contributed by atoms with Crippen molar-refractivity contribution in [2.45, 2.75) is 105 Å². The zero-order valence-electron chi connectivity index (χ0n) is 25.1. The van der Waals surface area contributed by atoms with Gasteiger partial charge >= 0.3 is 0 Å². The Kier molecular flexibility index (Phi) is 11.4. The molecule has 0 atom stereocenters. The van der Waals surface area contributed by atoms with Crippen molar-refractivity contribution in [2.75, 3.05) is 24.7 Å². The Morgan fingerprint density at radius 1 is 0.605 bits per heavy atom. The third-order valence-electron chi connectivity index (χ3n) is 8.62. The highest BCUT2D eigenvalue weighted by molar-refractivity contribution is 7.89. The van der Waals surface area contributed by atoms with Crippen LogP contribution in [0.4, 0.5) is 11.4 Å². The Morgan fingerprint density at radius 2 is 0.930 bits per heavy atom. The molecule has 0 saturated heterocycles. The van der Waals surface area contributed by atoms with E-state index in [1.54, 1.807) is 38.4 Å². The van der Waals surface area contributed by atoms with Crippen molar-refractivity contribution in [3.8, 4) is 0 Å². The molecule has 2 fully saturated rings. The quantitative estimate of drug-likeness (QED) is 0.325. The first-order valence-corrected chi connectivity index (χ1v) is 18.1. The average molecular weight is 633 g/mol. The smallest absolute Gasteiger partial charge is 0.243 e. The number of hydrogen-bond donors (Lipinski definition) is 2. The van der Waals surface area contributed by atoms with Crippen molar-refractivity contribution in [1.82, 2.24) is 8.61 Å². The topological polar surface area (TPSA) is 133 Å². The van der Waals surface area contributed by atoms with Crippen LogP contribution in [0.1, 0.15) is 83.5 Å². The zero-order chi connectivity index (χ0) is 31.0. The standard InChI is InChI=1S/C31H44N4O6S2/c1-34(26-10-5-3-6-11-26)42(38,39)28-20-16-24(17-21-28)32-30(36)14-9-15-31(37)33-25-18-22-29(23-19-25)43(40,41)35(2)27-12-7-4-8-13-27/h16-23,26-27H,3-15H2,1-2H3,(H,32,36)(H,33,37). The van der Waals surface area contributed by atoms with Crippen LogP contribution >= 0.6 is 0 Å². The maximum Gasteiger partial charge on any atom is 0.243 e. The van der Waals surface area contributed by atoms with Crippen LogP contribution in [0, 0.1) is 0 Å². The fourth-order valence-electron chi connectivity index (χ4n) is 5.89. The Morgan fingerprint density at radius 3 is 1.26 bits per heavy atom. The molecule has 2 aromatic carbocycles. The third-order valence-corrected chi connectivity index (χ3v) is 12.5. The van der Waals surface area contributed by atoms with Gasteiger partial charge < -0.3 is 10.6 Å². The fraction of sp³-hybridized carbons (Fsp3) is 0.548. The van der Waals surface area contributed by atoms with Gasteiger partial charge in [0, 0.05) is 50.4 Å². The van der Waals surface area contributed by atoms with Crippen LogP contribution in [-0.2, 0) is 29.6 Å². The van der Waals surface area contributed by atoms with Crippen molar-refractivity contribution < 1.29 is 26.4 Å². The number of carbonyl (C=O) groups excluding carboxylic acids is 2. The van der Waals surface area contributed by atoms with Gasteiger partial charge in [0.15, 0.2) is 0 Å². The van der Waals surface area contributed by atoms with E-state index in [0.29, 0.717) is 17.8 Å². The Labute approximate surface area is 256 Å². The predicted octanol–water partition coefficient (Wildman–Crippen LogP) is 5.34. The molecule has 2 aliphatic rings. The summed E-state index contributed by atoms with van der Waals surface area (Å²) in [7, 11) is -3.95. The Balaban J connectivity index is 1.21. The number of benzene rings is 2. The molecule has 0 heterocycles. The first-order chi connectivity index (χ1) is 20.5. The van der Waals surface area contributed by atoms with E-state index in [9.17, 15) is 26.4 Å². The van der Waals surface area contributed by atoms with Gasteiger partial charge in [0.1, 0.15) is 0 Å². The molecule has 236 valence electrons. The summed E-state index contributed by atoms with van der Waals surface area (Å²) in [6.07, 6.45) is 10.5. The number of sulfonamides is 2. The summed E-state index contributed by atoms with van der Waals surface area (Å²) in [5.74, 6) is -0.557. The number of anilines is 2. The molecule has 2 aromatic rings. The normalized spacial score (nSPS) is 17.2. The van der Waals surface area contributed by atoms with Crippen molar-refractivity contribution in [3.05, 3.63) is 48.5 Å². The minimum atomic E-state index is -3.61. The molecule has 0 bridgehead atoms. The highest BCUT2D eigenvalue weighted by Gasteiger charge is 2.30. The molecule has 12 heteroatoms. The third kappa shape index (κ3) is 8.65. The van der Waals surface area contributed by atoms with E-state index in [1.165, 1.54) is 32.9 Å². The van der Waals surface area contributed by atoms with Crippen molar-refractivity contribution in [3.63, 3.8) is 0 Å².